The second kappa shape index (κ2) is 26.5. The largest absolute Gasteiger partial charge is 0.493 e. The summed E-state index contributed by atoms with van der Waals surface area (Å²) >= 11 is 0. The Hall–Kier alpha value is -8.06. The molecule has 17 heteroatoms. The lowest BCUT2D eigenvalue weighted by Crippen LogP contribution is -2.34. The van der Waals surface area contributed by atoms with Crippen molar-refractivity contribution in [2.75, 3.05) is 125 Å². The van der Waals surface area contributed by atoms with Crippen molar-refractivity contribution in [2.45, 2.75) is 65.5 Å². The first-order valence-electron chi connectivity index (χ1n) is 29.6. The molecule has 0 bridgehead atoms. The summed E-state index contributed by atoms with van der Waals surface area (Å²) in [6.07, 6.45) is 0.880. The highest BCUT2D eigenvalue weighted by molar-refractivity contribution is 6.15. The summed E-state index contributed by atoms with van der Waals surface area (Å²) in [5.41, 5.74) is 6.90. The number of methoxy groups -OCH3 is 12. The molecule has 87 heavy (non-hydrogen) atoms. The van der Waals surface area contributed by atoms with E-state index in [0.717, 1.165) is 158 Å². The highest BCUT2D eigenvalue weighted by atomic mass is 16.5. The van der Waals surface area contributed by atoms with Gasteiger partial charge in [-0.15, -0.1) is 0 Å². The monoisotopic (exact) mass is 1190 g/mol. The van der Waals surface area contributed by atoms with Gasteiger partial charge in [0.15, 0.2) is 69.0 Å². The molecule has 17 nitrogen and oxygen atoms in total. The molecule has 0 spiro atoms. The maximum atomic E-state index is 11.2. The third-order valence-corrected chi connectivity index (χ3v) is 17.7. The van der Waals surface area contributed by atoms with Crippen molar-refractivity contribution in [3.05, 3.63) is 106 Å². The minimum atomic E-state index is -0.586. The fourth-order valence-electron chi connectivity index (χ4n) is 13.4. The van der Waals surface area contributed by atoms with Crippen molar-refractivity contribution < 1.29 is 67.1 Å². The van der Waals surface area contributed by atoms with Gasteiger partial charge in [-0.3, -0.25) is 14.7 Å². The quantitative estimate of drug-likeness (QED) is 0.0878. The van der Waals surface area contributed by atoms with E-state index in [1.165, 1.54) is 21.9 Å². The average molecular weight is 1190 g/mol. The normalized spacial score (nSPS) is 15.8. The van der Waals surface area contributed by atoms with Gasteiger partial charge in [0.25, 0.3) is 0 Å². The topological polar surface area (TPSA) is 161 Å². The van der Waals surface area contributed by atoms with Crippen molar-refractivity contribution in [1.29, 1.82) is 0 Å². The Kier molecular flexibility index (Phi) is 18.9. The average Bonchev–Trinajstić information content (AvgIpc) is 1.05. The number of hydrogen-bond acceptors (Lipinski definition) is 17. The molecule has 3 aliphatic heterocycles. The van der Waals surface area contributed by atoms with Crippen LogP contribution >= 0.6 is 0 Å². The zero-order chi connectivity index (χ0) is 62.0. The fourth-order valence-corrected chi connectivity index (χ4v) is 13.4. The van der Waals surface area contributed by atoms with Gasteiger partial charge in [0.2, 0.25) is 0 Å². The van der Waals surface area contributed by atoms with Crippen molar-refractivity contribution in [1.82, 2.24) is 14.7 Å². The van der Waals surface area contributed by atoms with E-state index in [-0.39, 0.29) is 0 Å². The number of nitrogens with zero attached hydrogens (tertiary/aromatic N) is 3. The van der Waals surface area contributed by atoms with Gasteiger partial charge in [-0.25, -0.2) is 0 Å². The molecule has 0 aliphatic carbocycles. The van der Waals surface area contributed by atoms with Crippen molar-refractivity contribution in [3.8, 4) is 69.0 Å². The molecule has 3 heterocycles. The maximum Gasteiger partial charge on any atom is 0.161 e. The lowest BCUT2D eigenvalue weighted by atomic mass is 9.86. The van der Waals surface area contributed by atoms with Crippen molar-refractivity contribution >= 4 is 64.6 Å². The van der Waals surface area contributed by atoms with Gasteiger partial charge < -0.3 is 67.1 Å². The molecule has 3 aliphatic rings. The second-order valence-corrected chi connectivity index (χ2v) is 22.0. The van der Waals surface area contributed by atoms with Gasteiger partial charge in [0.1, 0.15) is 0 Å². The molecule has 0 fully saturated rings. The van der Waals surface area contributed by atoms with Crippen LogP contribution in [0.25, 0.3) is 64.6 Å². The Morgan fingerprint density at radius 3 is 0.851 bits per heavy atom. The predicted molar refractivity (Wildman–Crippen MR) is 344 cm³/mol. The van der Waals surface area contributed by atoms with E-state index in [4.69, 9.17) is 56.8 Å². The maximum absolute atomic E-state index is 11.2. The lowest BCUT2D eigenvalue weighted by molar-refractivity contribution is 0.0944. The Labute approximate surface area is 509 Å². The third kappa shape index (κ3) is 11.2. The van der Waals surface area contributed by atoms with Gasteiger partial charge >= 0.3 is 0 Å². The number of fused-ring (bicyclic) bond motifs is 18. The van der Waals surface area contributed by atoms with Crippen LogP contribution < -0.4 is 56.8 Å². The number of aliphatic hydroxyl groups is 2. The molecule has 0 amide bonds. The molecule has 2 unspecified atom stereocenters. The minimum absolute atomic E-state index is 0.585. The summed E-state index contributed by atoms with van der Waals surface area (Å²) in [6, 6.07) is 24.3. The Balaban J connectivity index is 0.000000145. The van der Waals surface area contributed by atoms with E-state index in [1.807, 2.05) is 48.5 Å². The van der Waals surface area contributed by atoms with E-state index in [2.05, 4.69) is 59.7 Å². The number of hydrogen-bond donors (Lipinski definition) is 2. The minimum Gasteiger partial charge on any atom is -0.493 e. The molecule has 0 saturated heterocycles. The van der Waals surface area contributed by atoms with Crippen LogP contribution in [-0.4, -0.2) is 149 Å². The predicted octanol–water partition coefficient (Wildman–Crippen LogP) is 12.6. The lowest BCUT2D eigenvalue weighted by Gasteiger charge is -2.34. The van der Waals surface area contributed by atoms with Crippen molar-refractivity contribution in [2.24, 2.45) is 0 Å². The van der Waals surface area contributed by atoms with Crippen LogP contribution in [0.15, 0.2) is 72.8 Å². The summed E-state index contributed by atoms with van der Waals surface area (Å²) in [6.45, 7) is 14.1. The Bertz CT molecular complexity index is 4040. The summed E-state index contributed by atoms with van der Waals surface area (Å²) < 4.78 is 66.9. The van der Waals surface area contributed by atoms with Crippen LogP contribution in [0.4, 0.5) is 0 Å². The summed E-state index contributed by atoms with van der Waals surface area (Å²) in [4.78, 5) is 7.02. The van der Waals surface area contributed by atoms with Crippen LogP contribution in [0.1, 0.15) is 72.8 Å². The van der Waals surface area contributed by atoms with Crippen LogP contribution in [0, 0.1) is 0 Å². The number of ether oxygens (including phenoxy) is 12. The highest BCUT2D eigenvalue weighted by Crippen LogP contribution is 2.50. The van der Waals surface area contributed by atoms with Crippen LogP contribution in [0.5, 0.6) is 69.0 Å². The van der Waals surface area contributed by atoms with Crippen LogP contribution in [0.2, 0.25) is 0 Å². The molecule has 12 rings (SSSR count). The van der Waals surface area contributed by atoms with E-state index < -0.39 is 12.2 Å². The molecular weight excluding hydrogens is 1110 g/mol. The summed E-state index contributed by atoms with van der Waals surface area (Å²) in [7, 11) is 19.8. The van der Waals surface area contributed by atoms with Gasteiger partial charge in [-0.1, -0.05) is 20.8 Å². The van der Waals surface area contributed by atoms with Gasteiger partial charge in [0, 0.05) is 39.3 Å². The number of likely N-dealkylation sites (N-methyl/N-ethyl adjacent to an activating group) is 2. The number of aliphatic hydroxyl groups excluding tert-OH is 2. The number of benzene rings is 9. The molecule has 0 saturated carbocycles. The first-order chi connectivity index (χ1) is 42.2. The van der Waals surface area contributed by atoms with Crippen LogP contribution in [-0.2, 0) is 26.1 Å². The smallest absolute Gasteiger partial charge is 0.161 e. The van der Waals surface area contributed by atoms with Crippen LogP contribution in [0.3, 0.4) is 0 Å². The van der Waals surface area contributed by atoms with Gasteiger partial charge in [0.05, 0.1) is 97.5 Å². The zero-order valence-electron chi connectivity index (χ0n) is 53.0. The van der Waals surface area contributed by atoms with Crippen molar-refractivity contribution in [3.63, 3.8) is 0 Å². The Morgan fingerprint density at radius 2 is 0.552 bits per heavy atom. The standard InChI is InChI=1S/C24H29NO5.C23H27NO5.C23H27NO4/c1-6-7-25-12-18-16-10-22(29-4)20(27-2)8-14(16)15-9-21(28-3)23(30-5)11-17(15)24(18)19(26)13-25;1-6-24-11-17-15-9-21(28-4)19(26-2)7-13(15)14-8-20(27-3)22(29-5)10-16(14)23(17)18(25)12-24;1-6-24-8-7-14-15-9-20(25-2)21(26-3)10-16(15)17-11-22(27-4)23(28-5)12-18(17)19(14)13-24/h8-11,19,26H,6-7,12-13H2,1-5H3;7-10,18,25H,6,11-12H2,1-5H3;9-12H,6-8,13H2,1-5H3. The van der Waals surface area contributed by atoms with E-state index in [1.54, 1.807) is 85.3 Å². The molecule has 0 radical (unpaired) electrons. The van der Waals surface area contributed by atoms with E-state index >= 15 is 0 Å². The summed E-state index contributed by atoms with van der Waals surface area (Å²) in [5, 5.41) is 35.1. The van der Waals surface area contributed by atoms with E-state index in [0.29, 0.717) is 59.1 Å². The zero-order valence-corrected chi connectivity index (χ0v) is 53.0. The number of rotatable bonds is 16. The third-order valence-electron chi connectivity index (χ3n) is 17.7. The SMILES string of the molecule is CCCN1Cc2c(c3cc(OC)c(OC)cc3c3cc(OC)c(OC)cc23)C(O)C1.CCN1CCc2c(c3cc(OC)c(OC)cc3c3cc(OC)c(OC)cc23)C1.CCN1Cc2c(c3cc(OC)c(OC)cc3c3cc(OC)c(OC)cc23)C(O)C1. The highest BCUT2D eigenvalue weighted by Gasteiger charge is 2.32. The molecule has 9 aromatic carbocycles. The van der Waals surface area contributed by atoms with Gasteiger partial charge in [-0.05, 0) is 203 Å². The molecule has 462 valence electrons. The molecule has 0 aromatic heterocycles. The first-order valence-corrected chi connectivity index (χ1v) is 29.6. The first kappa shape index (κ1) is 62.0. The second-order valence-electron chi connectivity index (χ2n) is 22.0. The fraction of sp³-hybridized carbons (Fsp3) is 0.400. The van der Waals surface area contributed by atoms with E-state index in [9.17, 15) is 10.2 Å². The molecule has 2 atom stereocenters. The molecule has 9 aromatic rings. The Morgan fingerprint density at radius 1 is 0.310 bits per heavy atom. The number of β-amino-alcohol motifs (C(OH)–C–C–N with tert-alkyl or cyclic N) is 2. The van der Waals surface area contributed by atoms with Gasteiger partial charge in [-0.2, -0.15) is 0 Å². The summed E-state index contributed by atoms with van der Waals surface area (Å²) in [5.74, 6) is 8.26. The molecular formula is C70H83N3O14. The molecule has 2 N–H and O–H groups in total.